The average molecular weight is 224 g/mol. The predicted molar refractivity (Wildman–Crippen MR) is 63.8 cm³/mol. The van der Waals surface area contributed by atoms with Crippen LogP contribution < -0.4 is 0 Å². The van der Waals surface area contributed by atoms with E-state index in [1.807, 2.05) is 27.7 Å². The first-order valence-electron chi connectivity index (χ1n) is 5.68. The molecule has 0 saturated heterocycles. The minimum absolute atomic E-state index is 0.521. The van der Waals surface area contributed by atoms with E-state index in [1.54, 1.807) is 6.08 Å². The van der Waals surface area contributed by atoms with Gasteiger partial charge in [-0.2, -0.15) is 0 Å². The number of allylic oxidation sites excluding steroid dienone is 2. The molecule has 0 N–H and O–H groups in total. The largest absolute Gasteiger partial charge is 0.386 e. The van der Waals surface area contributed by atoms with E-state index in [4.69, 9.17) is 4.74 Å². The van der Waals surface area contributed by atoms with Gasteiger partial charge in [-0.3, -0.25) is 0 Å². The van der Waals surface area contributed by atoms with E-state index in [9.17, 15) is 9.59 Å². The lowest BCUT2D eigenvalue weighted by molar-refractivity contribution is -0.153. The molecule has 3 heteroatoms. The van der Waals surface area contributed by atoms with Crippen LogP contribution in [-0.4, -0.2) is 11.9 Å². The van der Waals surface area contributed by atoms with Crippen LogP contribution in [0, 0.1) is 0 Å². The number of rotatable bonds is 5. The van der Waals surface area contributed by atoms with Gasteiger partial charge in [0.25, 0.3) is 0 Å². The molecule has 90 valence electrons. The van der Waals surface area contributed by atoms with Gasteiger partial charge in [0.05, 0.1) is 0 Å². The number of esters is 2. The second-order valence-corrected chi connectivity index (χ2v) is 3.49. The predicted octanol–water partition coefficient (Wildman–Crippen LogP) is 3.16. The molecule has 0 aromatic carbocycles. The van der Waals surface area contributed by atoms with Crippen LogP contribution in [0.25, 0.3) is 0 Å². The quantitative estimate of drug-likeness (QED) is 0.409. The van der Waals surface area contributed by atoms with Gasteiger partial charge in [-0.1, -0.05) is 32.4 Å². The standard InChI is InChI=1S/C13H20O3/c1-5-8-9-12(14)16-13(15)11(7-3)10(4)6-2/h8-9H,5-7H2,1-4H3. The van der Waals surface area contributed by atoms with Crippen LogP contribution in [0.4, 0.5) is 0 Å². The van der Waals surface area contributed by atoms with Gasteiger partial charge in [0, 0.05) is 11.6 Å². The second-order valence-electron chi connectivity index (χ2n) is 3.49. The molecular formula is C13H20O3. The van der Waals surface area contributed by atoms with Crippen molar-refractivity contribution in [3.05, 3.63) is 23.3 Å². The van der Waals surface area contributed by atoms with Gasteiger partial charge in [-0.05, 0) is 26.2 Å². The Labute approximate surface area is 97.2 Å². The molecule has 0 aromatic heterocycles. The van der Waals surface area contributed by atoms with Crippen molar-refractivity contribution < 1.29 is 14.3 Å². The molecule has 0 unspecified atom stereocenters. The maximum atomic E-state index is 11.6. The zero-order chi connectivity index (χ0) is 12.6. The summed E-state index contributed by atoms with van der Waals surface area (Å²) in [5.41, 5.74) is 1.57. The summed E-state index contributed by atoms with van der Waals surface area (Å²) >= 11 is 0. The minimum Gasteiger partial charge on any atom is -0.386 e. The van der Waals surface area contributed by atoms with Gasteiger partial charge in [0.15, 0.2) is 0 Å². The van der Waals surface area contributed by atoms with Gasteiger partial charge < -0.3 is 4.74 Å². The SMILES string of the molecule is CCC=CC(=O)OC(=O)C(CC)=C(C)CC. The maximum absolute atomic E-state index is 11.6. The molecule has 0 spiro atoms. The van der Waals surface area contributed by atoms with Crippen LogP contribution in [0.1, 0.15) is 47.0 Å². The topological polar surface area (TPSA) is 43.4 Å². The summed E-state index contributed by atoms with van der Waals surface area (Å²) in [5, 5.41) is 0. The highest BCUT2D eigenvalue weighted by Gasteiger charge is 2.14. The van der Waals surface area contributed by atoms with E-state index >= 15 is 0 Å². The third-order valence-corrected chi connectivity index (χ3v) is 2.33. The van der Waals surface area contributed by atoms with Crippen molar-refractivity contribution in [2.75, 3.05) is 0 Å². The third kappa shape index (κ3) is 4.91. The van der Waals surface area contributed by atoms with Gasteiger partial charge in [-0.15, -0.1) is 0 Å². The first-order chi connectivity index (χ1) is 7.56. The Morgan fingerprint density at radius 1 is 1.12 bits per heavy atom. The number of carbonyl (C=O) groups excluding carboxylic acids is 2. The van der Waals surface area contributed by atoms with E-state index in [0.717, 1.165) is 18.4 Å². The fourth-order valence-corrected chi connectivity index (χ4v) is 1.23. The van der Waals surface area contributed by atoms with Crippen LogP contribution in [0.2, 0.25) is 0 Å². The Hall–Kier alpha value is -1.38. The van der Waals surface area contributed by atoms with Gasteiger partial charge in [0.1, 0.15) is 0 Å². The lowest BCUT2D eigenvalue weighted by Crippen LogP contribution is -2.13. The Balaban J connectivity index is 4.57. The van der Waals surface area contributed by atoms with Crippen LogP contribution in [0.3, 0.4) is 0 Å². The highest BCUT2D eigenvalue weighted by molar-refractivity contribution is 5.99. The van der Waals surface area contributed by atoms with Crippen LogP contribution in [-0.2, 0) is 14.3 Å². The monoisotopic (exact) mass is 224 g/mol. The van der Waals surface area contributed by atoms with Crippen molar-refractivity contribution in [1.29, 1.82) is 0 Å². The number of hydrogen-bond donors (Lipinski definition) is 0. The summed E-state index contributed by atoms with van der Waals surface area (Å²) < 4.78 is 4.71. The summed E-state index contributed by atoms with van der Waals surface area (Å²) in [7, 11) is 0. The van der Waals surface area contributed by atoms with Crippen molar-refractivity contribution in [2.45, 2.75) is 47.0 Å². The van der Waals surface area contributed by atoms with Crippen molar-refractivity contribution in [3.63, 3.8) is 0 Å². The van der Waals surface area contributed by atoms with Crippen LogP contribution in [0.15, 0.2) is 23.3 Å². The second kappa shape index (κ2) is 7.85. The van der Waals surface area contributed by atoms with Crippen LogP contribution >= 0.6 is 0 Å². The zero-order valence-electron chi connectivity index (χ0n) is 10.5. The zero-order valence-corrected chi connectivity index (χ0v) is 10.5. The van der Waals surface area contributed by atoms with Crippen LogP contribution in [0.5, 0.6) is 0 Å². The van der Waals surface area contributed by atoms with E-state index in [2.05, 4.69) is 0 Å². The van der Waals surface area contributed by atoms with Crippen molar-refractivity contribution in [2.24, 2.45) is 0 Å². The highest BCUT2D eigenvalue weighted by atomic mass is 16.6. The normalized spacial score (nSPS) is 12.5. The Morgan fingerprint density at radius 3 is 2.19 bits per heavy atom. The molecule has 0 atom stereocenters. The average Bonchev–Trinajstić information content (AvgIpc) is 2.26. The maximum Gasteiger partial charge on any atom is 0.341 e. The lowest BCUT2D eigenvalue weighted by Gasteiger charge is -2.06. The molecule has 0 aromatic rings. The Morgan fingerprint density at radius 2 is 1.75 bits per heavy atom. The summed E-state index contributed by atoms with van der Waals surface area (Å²) in [6, 6.07) is 0. The number of carbonyl (C=O) groups is 2. The highest BCUT2D eigenvalue weighted by Crippen LogP contribution is 2.13. The Bertz CT molecular complexity index is 311. The minimum atomic E-state index is -0.596. The van der Waals surface area contributed by atoms with Crippen molar-refractivity contribution in [1.82, 2.24) is 0 Å². The van der Waals surface area contributed by atoms with Gasteiger partial charge >= 0.3 is 11.9 Å². The summed E-state index contributed by atoms with van der Waals surface area (Å²) in [6.45, 7) is 7.63. The summed E-state index contributed by atoms with van der Waals surface area (Å²) in [4.78, 5) is 22.8. The molecule has 0 bridgehead atoms. The van der Waals surface area contributed by atoms with Crippen molar-refractivity contribution >= 4 is 11.9 Å². The van der Waals surface area contributed by atoms with Gasteiger partial charge in [-0.25, -0.2) is 9.59 Å². The van der Waals surface area contributed by atoms with E-state index in [1.165, 1.54) is 6.08 Å². The van der Waals surface area contributed by atoms with E-state index < -0.39 is 11.9 Å². The number of hydrogen-bond acceptors (Lipinski definition) is 3. The van der Waals surface area contributed by atoms with E-state index in [-0.39, 0.29) is 0 Å². The Kier molecular flexibility index (Phi) is 7.18. The summed E-state index contributed by atoms with van der Waals surface area (Å²) in [5.74, 6) is -1.12. The first kappa shape index (κ1) is 14.6. The number of ether oxygens (including phenoxy) is 1. The molecule has 16 heavy (non-hydrogen) atoms. The molecule has 0 fully saturated rings. The molecule has 0 heterocycles. The molecule has 0 rings (SSSR count). The van der Waals surface area contributed by atoms with Crippen molar-refractivity contribution in [3.8, 4) is 0 Å². The molecule has 0 aliphatic rings. The first-order valence-corrected chi connectivity index (χ1v) is 5.68. The molecule has 0 amide bonds. The molecule has 0 radical (unpaired) electrons. The molecular weight excluding hydrogens is 204 g/mol. The fraction of sp³-hybridized carbons (Fsp3) is 0.538. The third-order valence-electron chi connectivity index (χ3n) is 2.33. The summed E-state index contributed by atoms with van der Waals surface area (Å²) in [6.07, 6.45) is 5.07. The fourth-order valence-electron chi connectivity index (χ4n) is 1.23. The van der Waals surface area contributed by atoms with Gasteiger partial charge in [0.2, 0.25) is 0 Å². The molecule has 3 nitrogen and oxygen atoms in total. The smallest absolute Gasteiger partial charge is 0.341 e. The molecule has 0 saturated carbocycles. The van der Waals surface area contributed by atoms with E-state index in [0.29, 0.717) is 12.0 Å². The lowest BCUT2D eigenvalue weighted by atomic mass is 10.1. The molecule has 0 aliphatic heterocycles. The molecule has 0 aliphatic carbocycles.